The molecule has 36 heavy (non-hydrogen) atoms. The van der Waals surface area contributed by atoms with Crippen molar-refractivity contribution in [3.63, 3.8) is 0 Å². The molecular formula is C25H52O11. The lowest BCUT2D eigenvalue weighted by molar-refractivity contribution is -0.303. The van der Waals surface area contributed by atoms with E-state index in [1.165, 1.54) is 0 Å². The van der Waals surface area contributed by atoms with Crippen molar-refractivity contribution in [3.8, 4) is 0 Å². The van der Waals surface area contributed by atoms with Gasteiger partial charge in [-0.25, -0.2) is 9.78 Å². The topological polar surface area (TPSA) is 102 Å². The van der Waals surface area contributed by atoms with E-state index >= 15 is 0 Å². The van der Waals surface area contributed by atoms with Gasteiger partial charge in [-0.3, -0.25) is 0 Å². The molecule has 11 heteroatoms. The SMILES string of the molecule is CCCOCCOCCOCCCCCOCCOCCOCCOCCOCCOOCCOC. The van der Waals surface area contributed by atoms with Gasteiger partial charge in [0.05, 0.1) is 92.5 Å². The molecule has 0 atom stereocenters. The minimum absolute atomic E-state index is 0.375. The Morgan fingerprint density at radius 1 is 0.306 bits per heavy atom. The van der Waals surface area contributed by atoms with Crippen LogP contribution < -0.4 is 0 Å². The van der Waals surface area contributed by atoms with E-state index in [2.05, 4.69) is 6.92 Å². The highest BCUT2D eigenvalue weighted by atomic mass is 17.2. The average molecular weight is 529 g/mol. The summed E-state index contributed by atoms with van der Waals surface area (Å²) >= 11 is 0. The fourth-order valence-electron chi connectivity index (χ4n) is 2.58. The second-order valence-electron chi connectivity index (χ2n) is 7.60. The maximum Gasteiger partial charge on any atom is 0.106 e. The third-order valence-electron chi connectivity index (χ3n) is 4.42. The van der Waals surface area contributed by atoms with Crippen molar-refractivity contribution in [3.05, 3.63) is 0 Å². The molecule has 0 fully saturated rings. The zero-order chi connectivity index (χ0) is 26.0. The van der Waals surface area contributed by atoms with Crippen LogP contribution in [0.1, 0.15) is 32.6 Å². The van der Waals surface area contributed by atoms with E-state index in [0.717, 1.165) is 45.5 Å². The molecule has 0 amide bonds. The molecule has 11 nitrogen and oxygen atoms in total. The van der Waals surface area contributed by atoms with Gasteiger partial charge in [-0.2, -0.15) is 0 Å². The van der Waals surface area contributed by atoms with Crippen molar-refractivity contribution in [2.45, 2.75) is 32.6 Å². The smallest absolute Gasteiger partial charge is 0.106 e. The minimum Gasteiger partial charge on any atom is -0.382 e. The Hall–Kier alpha value is -0.440. The Morgan fingerprint density at radius 2 is 0.611 bits per heavy atom. The van der Waals surface area contributed by atoms with Gasteiger partial charge in [-0.05, 0) is 25.7 Å². The summed E-state index contributed by atoms with van der Waals surface area (Å²) in [5, 5.41) is 0. The Bertz CT molecular complexity index is 344. The lowest BCUT2D eigenvalue weighted by Gasteiger charge is -2.08. The van der Waals surface area contributed by atoms with Gasteiger partial charge in [0, 0.05) is 26.9 Å². The van der Waals surface area contributed by atoms with Gasteiger partial charge < -0.3 is 42.6 Å². The van der Waals surface area contributed by atoms with E-state index in [-0.39, 0.29) is 0 Å². The van der Waals surface area contributed by atoms with E-state index in [1.807, 2.05) is 0 Å². The summed E-state index contributed by atoms with van der Waals surface area (Å²) in [6.45, 7) is 13.0. The quantitative estimate of drug-likeness (QED) is 0.0712. The molecule has 0 aliphatic rings. The standard InChI is InChI=1S/C25H52O11/c1-3-7-27-11-14-30-15-12-28-8-5-4-6-9-29-13-16-31-17-18-32-19-20-33-21-22-34-23-25-36-35-24-10-26-2/h3-25H2,1-2H3. The van der Waals surface area contributed by atoms with E-state index in [9.17, 15) is 0 Å². The highest BCUT2D eigenvalue weighted by Gasteiger charge is 1.96. The van der Waals surface area contributed by atoms with Crippen molar-refractivity contribution in [2.24, 2.45) is 0 Å². The van der Waals surface area contributed by atoms with Crippen LogP contribution in [0.4, 0.5) is 0 Å². The van der Waals surface area contributed by atoms with Crippen molar-refractivity contribution >= 4 is 0 Å². The van der Waals surface area contributed by atoms with E-state index < -0.39 is 0 Å². The number of ether oxygens (including phenoxy) is 9. The summed E-state index contributed by atoms with van der Waals surface area (Å²) in [4.78, 5) is 9.76. The minimum atomic E-state index is 0.375. The van der Waals surface area contributed by atoms with Gasteiger partial charge in [0.25, 0.3) is 0 Å². The predicted octanol–water partition coefficient (Wildman–Crippen LogP) is 2.29. The van der Waals surface area contributed by atoms with E-state index in [1.54, 1.807) is 7.11 Å². The lowest BCUT2D eigenvalue weighted by Crippen LogP contribution is -2.14. The number of rotatable bonds is 33. The molecule has 0 unspecified atom stereocenters. The summed E-state index contributed by atoms with van der Waals surface area (Å²) in [6, 6.07) is 0. The lowest BCUT2D eigenvalue weighted by atomic mass is 10.2. The molecular weight excluding hydrogens is 476 g/mol. The van der Waals surface area contributed by atoms with E-state index in [4.69, 9.17) is 52.4 Å². The molecule has 0 radical (unpaired) electrons. The number of methoxy groups -OCH3 is 1. The molecule has 0 rings (SSSR count). The Balaban J connectivity index is 3.00. The van der Waals surface area contributed by atoms with Gasteiger partial charge in [-0.1, -0.05) is 6.92 Å². The Morgan fingerprint density at radius 3 is 0.972 bits per heavy atom. The molecule has 0 N–H and O–H groups in total. The van der Waals surface area contributed by atoms with E-state index in [0.29, 0.717) is 106 Å². The highest BCUT2D eigenvalue weighted by Crippen LogP contribution is 1.97. The van der Waals surface area contributed by atoms with Gasteiger partial charge in [-0.15, -0.1) is 0 Å². The van der Waals surface area contributed by atoms with Crippen molar-refractivity contribution in [2.75, 3.05) is 133 Å². The van der Waals surface area contributed by atoms with Crippen LogP contribution in [0, 0.1) is 0 Å². The first kappa shape index (κ1) is 35.6. The summed E-state index contributed by atoms with van der Waals surface area (Å²) in [5.74, 6) is 0. The first-order valence-electron chi connectivity index (χ1n) is 13.3. The van der Waals surface area contributed by atoms with Crippen molar-refractivity contribution in [1.29, 1.82) is 0 Å². The molecule has 0 aromatic heterocycles. The van der Waals surface area contributed by atoms with Crippen LogP contribution in [0.15, 0.2) is 0 Å². The molecule has 0 aromatic rings. The fraction of sp³-hybridized carbons (Fsp3) is 1.00. The predicted molar refractivity (Wildman–Crippen MR) is 134 cm³/mol. The first-order valence-corrected chi connectivity index (χ1v) is 13.3. The molecule has 218 valence electrons. The maximum absolute atomic E-state index is 5.57. The van der Waals surface area contributed by atoms with Crippen LogP contribution in [0.5, 0.6) is 0 Å². The monoisotopic (exact) mass is 528 g/mol. The zero-order valence-electron chi connectivity index (χ0n) is 22.8. The Kier molecular flexibility index (Phi) is 34.1. The average Bonchev–Trinajstić information content (AvgIpc) is 2.89. The molecule has 0 aliphatic carbocycles. The third-order valence-corrected chi connectivity index (χ3v) is 4.42. The summed E-state index contributed by atoms with van der Waals surface area (Å²) in [5.41, 5.74) is 0. The van der Waals surface area contributed by atoms with Gasteiger partial charge >= 0.3 is 0 Å². The number of hydrogen-bond donors (Lipinski definition) is 0. The normalized spacial score (nSPS) is 11.5. The summed E-state index contributed by atoms with van der Waals surface area (Å²) in [7, 11) is 1.61. The fourth-order valence-corrected chi connectivity index (χ4v) is 2.58. The number of hydrogen-bond acceptors (Lipinski definition) is 11. The highest BCUT2D eigenvalue weighted by molar-refractivity contribution is 4.42. The van der Waals surface area contributed by atoms with Crippen LogP contribution in [0.3, 0.4) is 0 Å². The second-order valence-corrected chi connectivity index (χ2v) is 7.60. The Labute approximate surface area is 218 Å². The van der Waals surface area contributed by atoms with Gasteiger partial charge in [0.15, 0.2) is 0 Å². The number of unbranched alkanes of at least 4 members (excludes halogenated alkanes) is 2. The first-order chi connectivity index (χ1) is 17.9. The van der Waals surface area contributed by atoms with Crippen LogP contribution >= 0.6 is 0 Å². The van der Waals surface area contributed by atoms with Crippen molar-refractivity contribution in [1.82, 2.24) is 0 Å². The van der Waals surface area contributed by atoms with Crippen LogP contribution in [-0.4, -0.2) is 133 Å². The second kappa shape index (κ2) is 34.6. The maximum atomic E-state index is 5.57. The summed E-state index contributed by atoms with van der Waals surface area (Å²) < 4.78 is 48.4. The largest absolute Gasteiger partial charge is 0.382 e. The molecule has 0 bridgehead atoms. The van der Waals surface area contributed by atoms with Gasteiger partial charge in [0.2, 0.25) is 0 Å². The van der Waals surface area contributed by atoms with Gasteiger partial charge in [0.1, 0.15) is 13.2 Å². The van der Waals surface area contributed by atoms with Crippen LogP contribution in [0.2, 0.25) is 0 Å². The van der Waals surface area contributed by atoms with Crippen LogP contribution in [0.25, 0.3) is 0 Å². The molecule has 0 saturated carbocycles. The molecule has 0 aromatic carbocycles. The molecule has 0 saturated heterocycles. The van der Waals surface area contributed by atoms with Crippen LogP contribution in [-0.2, 0) is 52.4 Å². The molecule has 0 aliphatic heterocycles. The summed E-state index contributed by atoms with van der Waals surface area (Å²) in [6.07, 6.45) is 4.19. The molecule has 0 heterocycles. The molecule has 0 spiro atoms. The van der Waals surface area contributed by atoms with Crippen molar-refractivity contribution < 1.29 is 52.4 Å². The third kappa shape index (κ3) is 33.6. The zero-order valence-corrected chi connectivity index (χ0v) is 22.8.